The van der Waals surface area contributed by atoms with E-state index in [9.17, 15) is 19.6 Å². The Balaban J connectivity index is 1.00. The molecular formula is C44H50N6O4. The van der Waals surface area contributed by atoms with Gasteiger partial charge in [0.2, 0.25) is 11.8 Å². The first-order chi connectivity index (χ1) is 26.1. The van der Waals surface area contributed by atoms with E-state index >= 15 is 0 Å². The van der Waals surface area contributed by atoms with Crippen molar-refractivity contribution in [1.29, 1.82) is 5.26 Å². The first kappa shape index (κ1) is 37.1. The van der Waals surface area contributed by atoms with Crippen LogP contribution in [0.4, 0.5) is 17.1 Å². The lowest BCUT2D eigenvalue weighted by Crippen LogP contribution is -2.51. The van der Waals surface area contributed by atoms with Gasteiger partial charge in [0, 0.05) is 60.8 Å². The summed E-state index contributed by atoms with van der Waals surface area (Å²) in [6.07, 6.45) is 7.89. The molecule has 1 N–H and O–H groups in total. The molecule has 1 saturated carbocycles. The molecule has 0 bridgehead atoms. The van der Waals surface area contributed by atoms with Gasteiger partial charge in [-0.2, -0.15) is 5.26 Å². The summed E-state index contributed by atoms with van der Waals surface area (Å²) < 4.78 is 5.52. The van der Waals surface area contributed by atoms with Crippen molar-refractivity contribution in [3.8, 4) is 17.2 Å². The molecule has 3 heterocycles. The average molecular weight is 727 g/mol. The molecule has 1 atom stereocenters. The number of nitriles is 1. The lowest BCUT2D eigenvalue weighted by molar-refractivity contribution is -0.137. The first-order valence-corrected chi connectivity index (χ1v) is 19.3. The normalized spacial score (nSPS) is 18.4. The van der Waals surface area contributed by atoms with Crippen molar-refractivity contribution in [2.45, 2.75) is 90.1 Å². The number of aryl methyl sites for hydroxylation is 3. The Hall–Kier alpha value is -5.27. The van der Waals surface area contributed by atoms with Crippen molar-refractivity contribution in [2.75, 3.05) is 36.5 Å². The average Bonchev–Trinajstić information content (AvgIpc) is 3.91. The Kier molecular flexibility index (Phi) is 10.7. The van der Waals surface area contributed by atoms with Gasteiger partial charge in [0.1, 0.15) is 12.0 Å². The summed E-state index contributed by atoms with van der Waals surface area (Å²) in [5.41, 5.74) is 9.85. The van der Waals surface area contributed by atoms with E-state index in [1.807, 2.05) is 37.9 Å². The summed E-state index contributed by atoms with van der Waals surface area (Å²) in [5.74, 6) is 0.914. The molecule has 1 aromatic heterocycles. The van der Waals surface area contributed by atoms with Crippen LogP contribution in [0.2, 0.25) is 0 Å². The largest absolute Gasteiger partial charge is 0.371 e. The first-order valence-electron chi connectivity index (χ1n) is 19.3. The highest BCUT2D eigenvalue weighted by molar-refractivity contribution is 6.00. The number of hydrogen-bond donors (Lipinski definition) is 1. The van der Waals surface area contributed by atoms with Gasteiger partial charge < -0.3 is 14.3 Å². The highest BCUT2D eigenvalue weighted by Crippen LogP contribution is 2.48. The van der Waals surface area contributed by atoms with Gasteiger partial charge in [0.05, 0.1) is 23.2 Å². The minimum atomic E-state index is -0.389. The molecule has 1 aliphatic carbocycles. The van der Waals surface area contributed by atoms with Crippen LogP contribution in [-0.2, 0) is 21.5 Å². The highest BCUT2D eigenvalue weighted by atomic mass is 16.5. The summed E-state index contributed by atoms with van der Waals surface area (Å²) in [7, 11) is 1.86. The van der Waals surface area contributed by atoms with Crippen LogP contribution < -0.4 is 15.1 Å². The molecule has 0 spiro atoms. The Bertz CT molecular complexity index is 2050. The number of nitrogens with one attached hydrogen (secondary N) is 1. The van der Waals surface area contributed by atoms with Gasteiger partial charge in [-0.05, 0) is 131 Å². The third-order valence-corrected chi connectivity index (χ3v) is 11.9. The maximum Gasteiger partial charge on any atom is 0.243 e. The minimum absolute atomic E-state index is 0.232. The molecule has 7 rings (SSSR count). The number of aromatic nitrogens is 1. The van der Waals surface area contributed by atoms with E-state index < -0.39 is 0 Å². The molecule has 4 aromatic rings. The summed E-state index contributed by atoms with van der Waals surface area (Å²) in [6.45, 7) is 9.29. The number of likely N-dealkylation sites (N-methyl/N-ethyl adjacent to an activating group) is 1. The second kappa shape index (κ2) is 15.6. The zero-order valence-electron chi connectivity index (χ0n) is 31.9. The molecule has 54 heavy (non-hydrogen) atoms. The highest BCUT2D eigenvalue weighted by Gasteiger charge is 2.44. The van der Waals surface area contributed by atoms with Gasteiger partial charge >= 0.3 is 0 Å². The number of aldehydes is 1. The Morgan fingerprint density at radius 3 is 2.43 bits per heavy atom. The van der Waals surface area contributed by atoms with E-state index in [-0.39, 0.29) is 23.3 Å². The summed E-state index contributed by atoms with van der Waals surface area (Å²) in [6, 6.07) is 23.4. The SMILES string of the molecule is Cc1ccc(-c2c(C)noc2C)cc1N(CCCC1CCN(c2ccc(CN(C)C3CCC(=O)NC3=O)c(C=O)c2)CC1)c1ccc(C2(C#N)CC2)cc1. The van der Waals surface area contributed by atoms with Crippen molar-refractivity contribution >= 4 is 35.2 Å². The van der Waals surface area contributed by atoms with Gasteiger partial charge in [0.15, 0.2) is 0 Å². The number of imide groups is 1. The van der Waals surface area contributed by atoms with Gasteiger partial charge in [-0.15, -0.1) is 0 Å². The fourth-order valence-electron chi connectivity index (χ4n) is 8.42. The van der Waals surface area contributed by atoms with Crippen LogP contribution >= 0.6 is 0 Å². The van der Waals surface area contributed by atoms with Crippen molar-refractivity contribution in [1.82, 2.24) is 15.4 Å². The maximum atomic E-state index is 12.4. The van der Waals surface area contributed by atoms with Crippen LogP contribution in [0, 0.1) is 38.0 Å². The van der Waals surface area contributed by atoms with Crippen LogP contribution in [0.3, 0.4) is 0 Å². The van der Waals surface area contributed by atoms with Gasteiger partial charge in [-0.3, -0.25) is 24.6 Å². The zero-order valence-corrected chi connectivity index (χ0v) is 31.9. The van der Waals surface area contributed by atoms with E-state index in [4.69, 9.17) is 4.52 Å². The van der Waals surface area contributed by atoms with Crippen molar-refractivity contribution in [3.05, 3.63) is 94.4 Å². The van der Waals surface area contributed by atoms with Gasteiger partial charge in [0.25, 0.3) is 0 Å². The number of hydrogen-bond acceptors (Lipinski definition) is 9. The number of benzene rings is 3. The van der Waals surface area contributed by atoms with E-state index in [1.54, 1.807) is 0 Å². The van der Waals surface area contributed by atoms with E-state index in [0.29, 0.717) is 30.9 Å². The predicted octanol–water partition coefficient (Wildman–Crippen LogP) is 7.71. The molecule has 3 aromatic carbocycles. The van der Waals surface area contributed by atoms with Crippen LogP contribution in [0.15, 0.2) is 65.2 Å². The minimum Gasteiger partial charge on any atom is -0.371 e. The predicted molar refractivity (Wildman–Crippen MR) is 210 cm³/mol. The zero-order chi connectivity index (χ0) is 38.0. The number of piperidine rings is 2. The smallest absolute Gasteiger partial charge is 0.243 e. The number of carbonyl (C=O) groups is 3. The Morgan fingerprint density at radius 1 is 1.02 bits per heavy atom. The molecule has 2 aliphatic heterocycles. The number of carbonyl (C=O) groups excluding carboxylic acids is 3. The monoisotopic (exact) mass is 726 g/mol. The van der Waals surface area contributed by atoms with Gasteiger partial charge in [-0.25, -0.2) is 0 Å². The maximum absolute atomic E-state index is 12.4. The van der Waals surface area contributed by atoms with Crippen molar-refractivity contribution < 1.29 is 18.9 Å². The molecule has 280 valence electrons. The van der Waals surface area contributed by atoms with Crippen LogP contribution in [0.5, 0.6) is 0 Å². The molecular weight excluding hydrogens is 677 g/mol. The van der Waals surface area contributed by atoms with Gasteiger partial charge in [-0.1, -0.05) is 35.5 Å². The molecule has 10 nitrogen and oxygen atoms in total. The fourth-order valence-corrected chi connectivity index (χ4v) is 8.42. The third-order valence-electron chi connectivity index (χ3n) is 11.9. The molecule has 0 radical (unpaired) electrons. The molecule has 1 unspecified atom stereocenters. The standard InChI is InChI=1S/C44H50N6O4/c1-29-7-8-33(42-30(2)47-54-31(42)3)25-40(29)50(37-13-10-36(11-14-37)44(28-45)19-20-44)21-5-6-32-17-22-49(23-18-32)38-12-9-34(35(24-38)27-51)26-48(4)39-15-16-41(52)46-43(39)53/h7-14,24-25,27,32,39H,5-6,15-23,26H2,1-4H3,(H,46,52,53). The van der Waals surface area contributed by atoms with Crippen LogP contribution in [0.25, 0.3) is 11.1 Å². The van der Waals surface area contributed by atoms with Crippen LogP contribution in [-0.4, -0.2) is 60.9 Å². The molecule has 3 aliphatic rings. The molecule has 2 amide bonds. The number of nitrogens with zero attached hydrogens (tertiary/aromatic N) is 5. The summed E-state index contributed by atoms with van der Waals surface area (Å²) in [5, 5.41) is 16.4. The summed E-state index contributed by atoms with van der Waals surface area (Å²) in [4.78, 5) is 42.9. The fraction of sp³-hybridized carbons (Fsp3) is 0.432. The number of rotatable bonds is 13. The topological polar surface area (TPSA) is 123 Å². The van der Waals surface area contributed by atoms with E-state index in [1.165, 1.54) is 5.56 Å². The van der Waals surface area contributed by atoms with Crippen molar-refractivity contribution in [3.63, 3.8) is 0 Å². The van der Waals surface area contributed by atoms with Crippen molar-refractivity contribution in [2.24, 2.45) is 5.92 Å². The Labute approximate surface area is 318 Å². The lowest BCUT2D eigenvalue weighted by atomic mass is 9.91. The summed E-state index contributed by atoms with van der Waals surface area (Å²) >= 11 is 0. The quantitative estimate of drug-likeness (QED) is 0.109. The molecule has 10 heteroatoms. The Morgan fingerprint density at radius 2 is 1.78 bits per heavy atom. The third kappa shape index (κ3) is 7.69. The van der Waals surface area contributed by atoms with E-state index in [2.05, 4.69) is 81.8 Å². The lowest BCUT2D eigenvalue weighted by Gasteiger charge is -2.35. The van der Waals surface area contributed by atoms with Crippen LogP contribution in [0.1, 0.15) is 89.9 Å². The number of amides is 2. The van der Waals surface area contributed by atoms with E-state index in [0.717, 1.165) is 115 Å². The second-order valence-electron chi connectivity index (χ2n) is 15.5. The second-order valence-corrected chi connectivity index (χ2v) is 15.5. The number of anilines is 3. The molecule has 3 fully saturated rings. The molecule has 2 saturated heterocycles.